The van der Waals surface area contributed by atoms with Crippen molar-refractivity contribution in [1.29, 1.82) is 0 Å². The summed E-state index contributed by atoms with van der Waals surface area (Å²) in [6.45, 7) is 0. The van der Waals surface area contributed by atoms with Gasteiger partial charge >= 0.3 is 10.1 Å². The van der Waals surface area contributed by atoms with Crippen molar-refractivity contribution in [1.82, 2.24) is 0 Å². The zero-order valence-electron chi connectivity index (χ0n) is 10.9. The van der Waals surface area contributed by atoms with E-state index >= 15 is 0 Å². The van der Waals surface area contributed by atoms with Gasteiger partial charge < -0.3 is 8.92 Å². The maximum absolute atomic E-state index is 12.2. The number of benzene rings is 2. The number of ether oxygens (including phenoxy) is 1. The molecule has 0 bridgehead atoms. The minimum Gasteiger partial charge on any atom is -0.493 e. The van der Waals surface area contributed by atoms with E-state index in [9.17, 15) is 13.2 Å². The van der Waals surface area contributed by atoms with Crippen LogP contribution in [0.2, 0.25) is 0 Å². The van der Waals surface area contributed by atoms with Crippen molar-refractivity contribution in [2.24, 2.45) is 0 Å². The molecule has 0 amide bonds. The van der Waals surface area contributed by atoms with Gasteiger partial charge in [0.15, 0.2) is 17.8 Å². The number of hydrogen-bond donors (Lipinski definition) is 0. The molecule has 0 aliphatic rings. The van der Waals surface area contributed by atoms with Crippen LogP contribution in [0.15, 0.2) is 51.8 Å². The van der Waals surface area contributed by atoms with Crippen LogP contribution in [0.3, 0.4) is 0 Å². The van der Waals surface area contributed by atoms with Gasteiger partial charge in [0.2, 0.25) is 0 Å². The van der Waals surface area contributed by atoms with Gasteiger partial charge in [-0.05, 0) is 24.3 Å². The smallest absolute Gasteiger partial charge is 0.339 e. The highest BCUT2D eigenvalue weighted by Gasteiger charge is 2.22. The second kappa shape index (κ2) is 6.28. The molecule has 0 saturated heterocycles. The lowest BCUT2D eigenvalue weighted by Gasteiger charge is -2.13. The molecule has 2 aromatic carbocycles. The van der Waals surface area contributed by atoms with Crippen LogP contribution < -0.4 is 8.92 Å². The van der Waals surface area contributed by atoms with Crippen LogP contribution in [0.1, 0.15) is 10.4 Å². The quantitative estimate of drug-likeness (QED) is 0.597. The number of aldehydes is 1. The minimum absolute atomic E-state index is 0.00757. The highest BCUT2D eigenvalue weighted by atomic mass is 79.9. The Labute approximate surface area is 130 Å². The molecule has 5 nitrogen and oxygen atoms in total. The number of hydrogen-bond acceptors (Lipinski definition) is 5. The molecule has 21 heavy (non-hydrogen) atoms. The Morgan fingerprint density at radius 2 is 1.81 bits per heavy atom. The minimum atomic E-state index is -4.05. The zero-order chi connectivity index (χ0) is 15.5. The molecule has 0 aliphatic heterocycles. The molecule has 0 radical (unpaired) electrons. The molecule has 0 heterocycles. The van der Waals surface area contributed by atoms with E-state index in [0.29, 0.717) is 10.8 Å². The Morgan fingerprint density at radius 1 is 1.14 bits per heavy atom. The topological polar surface area (TPSA) is 69.7 Å². The first-order valence-corrected chi connectivity index (χ1v) is 8.00. The van der Waals surface area contributed by atoms with Gasteiger partial charge in [0.25, 0.3) is 0 Å². The Morgan fingerprint density at radius 3 is 2.38 bits per heavy atom. The van der Waals surface area contributed by atoms with Crippen molar-refractivity contribution in [3.05, 3.63) is 52.5 Å². The monoisotopic (exact) mass is 370 g/mol. The second-order valence-corrected chi connectivity index (χ2v) is 6.46. The van der Waals surface area contributed by atoms with Gasteiger partial charge in [0.1, 0.15) is 4.90 Å². The van der Waals surface area contributed by atoms with Crippen molar-refractivity contribution < 1.29 is 22.1 Å². The largest absolute Gasteiger partial charge is 0.493 e. The average Bonchev–Trinajstić information content (AvgIpc) is 2.49. The lowest BCUT2D eigenvalue weighted by Crippen LogP contribution is -2.11. The fraction of sp³-hybridized carbons (Fsp3) is 0.0714. The molecule has 0 atom stereocenters. The third-order valence-electron chi connectivity index (χ3n) is 2.62. The highest BCUT2D eigenvalue weighted by molar-refractivity contribution is 9.10. The van der Waals surface area contributed by atoms with Crippen molar-refractivity contribution >= 4 is 32.3 Å². The van der Waals surface area contributed by atoms with E-state index < -0.39 is 10.1 Å². The first-order valence-electron chi connectivity index (χ1n) is 5.80. The van der Waals surface area contributed by atoms with E-state index in [1.807, 2.05) is 0 Å². The van der Waals surface area contributed by atoms with Gasteiger partial charge in [0.05, 0.1) is 12.7 Å². The van der Waals surface area contributed by atoms with E-state index in [0.717, 1.165) is 0 Å². The summed E-state index contributed by atoms with van der Waals surface area (Å²) < 4.78 is 35.2. The van der Waals surface area contributed by atoms with Crippen molar-refractivity contribution in [2.45, 2.75) is 4.90 Å². The van der Waals surface area contributed by atoms with Crippen LogP contribution in [0, 0.1) is 0 Å². The number of carbonyl (C=O) groups excluding carboxylic acids is 1. The summed E-state index contributed by atoms with van der Waals surface area (Å²) >= 11 is 3.21. The predicted octanol–water partition coefficient (Wildman–Crippen LogP) is 3.04. The summed E-state index contributed by atoms with van der Waals surface area (Å²) in [5.74, 6) is 0.00512. The Hall–Kier alpha value is -1.86. The molecule has 110 valence electrons. The third kappa shape index (κ3) is 3.43. The highest BCUT2D eigenvalue weighted by Crippen LogP contribution is 2.35. The standard InChI is InChI=1S/C14H11BrO5S/c1-19-13-8-11(15)7-10(9-16)14(13)20-21(17,18)12-5-3-2-4-6-12/h2-9H,1H3. The van der Waals surface area contributed by atoms with Gasteiger partial charge in [-0.3, -0.25) is 4.79 Å². The fourth-order valence-corrected chi connectivity index (χ4v) is 3.10. The normalized spacial score (nSPS) is 11.0. The molecule has 0 N–H and O–H groups in total. The molecule has 0 unspecified atom stereocenters. The first-order chi connectivity index (χ1) is 9.97. The fourth-order valence-electron chi connectivity index (χ4n) is 1.66. The molecule has 0 fully saturated rings. The van der Waals surface area contributed by atoms with Crippen LogP contribution >= 0.6 is 15.9 Å². The molecule has 0 aromatic heterocycles. The Bertz CT molecular complexity index is 756. The van der Waals surface area contributed by atoms with Crippen LogP contribution in [-0.2, 0) is 10.1 Å². The maximum Gasteiger partial charge on any atom is 0.339 e. The molecule has 0 spiro atoms. The van der Waals surface area contributed by atoms with Crippen LogP contribution in [-0.4, -0.2) is 21.8 Å². The van der Waals surface area contributed by atoms with Crippen molar-refractivity contribution in [3.63, 3.8) is 0 Å². The summed E-state index contributed by atoms with van der Waals surface area (Å²) in [6, 6.07) is 10.6. The average molecular weight is 371 g/mol. The van der Waals surface area contributed by atoms with E-state index in [4.69, 9.17) is 8.92 Å². The summed E-state index contributed by atoms with van der Waals surface area (Å²) in [5.41, 5.74) is 0.0701. The van der Waals surface area contributed by atoms with Gasteiger partial charge in [-0.15, -0.1) is 0 Å². The molecule has 0 aliphatic carbocycles. The Balaban J connectivity index is 2.51. The van der Waals surface area contributed by atoms with E-state index in [2.05, 4.69) is 15.9 Å². The molecule has 2 rings (SSSR count). The zero-order valence-corrected chi connectivity index (χ0v) is 13.3. The lowest BCUT2D eigenvalue weighted by atomic mass is 10.2. The van der Waals surface area contributed by atoms with Gasteiger partial charge in [-0.1, -0.05) is 34.1 Å². The number of halogens is 1. The summed E-state index contributed by atoms with van der Waals surface area (Å²) in [5, 5.41) is 0. The second-order valence-electron chi connectivity index (χ2n) is 3.99. The van der Waals surface area contributed by atoms with E-state index in [-0.39, 0.29) is 22.0 Å². The molecular weight excluding hydrogens is 360 g/mol. The SMILES string of the molecule is COc1cc(Br)cc(C=O)c1OS(=O)(=O)c1ccccc1. The van der Waals surface area contributed by atoms with Crippen LogP contribution in [0.25, 0.3) is 0 Å². The molecular formula is C14H11BrO5S. The summed E-state index contributed by atoms with van der Waals surface area (Å²) in [7, 11) is -2.69. The van der Waals surface area contributed by atoms with Crippen LogP contribution in [0.5, 0.6) is 11.5 Å². The third-order valence-corrected chi connectivity index (χ3v) is 4.31. The summed E-state index contributed by atoms with van der Waals surface area (Å²) in [6.07, 6.45) is 0.503. The lowest BCUT2D eigenvalue weighted by molar-refractivity contribution is 0.112. The van der Waals surface area contributed by atoms with Crippen molar-refractivity contribution in [2.75, 3.05) is 7.11 Å². The molecule has 7 heteroatoms. The number of methoxy groups -OCH3 is 1. The van der Waals surface area contributed by atoms with Crippen molar-refractivity contribution in [3.8, 4) is 11.5 Å². The van der Waals surface area contributed by atoms with Gasteiger partial charge in [0, 0.05) is 4.47 Å². The van der Waals surface area contributed by atoms with Gasteiger partial charge in [-0.2, -0.15) is 8.42 Å². The predicted molar refractivity (Wildman–Crippen MR) is 80.3 cm³/mol. The summed E-state index contributed by atoms with van der Waals surface area (Å²) in [4.78, 5) is 11.1. The first kappa shape index (κ1) is 15.5. The molecule has 0 saturated carbocycles. The van der Waals surface area contributed by atoms with Crippen LogP contribution in [0.4, 0.5) is 0 Å². The van der Waals surface area contributed by atoms with Gasteiger partial charge in [-0.25, -0.2) is 0 Å². The maximum atomic E-state index is 12.2. The number of rotatable bonds is 5. The van der Waals surface area contributed by atoms with E-state index in [1.54, 1.807) is 18.2 Å². The van der Waals surface area contributed by atoms with E-state index in [1.165, 1.54) is 31.4 Å². The Kier molecular flexibility index (Phi) is 4.64. The molecule has 2 aromatic rings. The number of carbonyl (C=O) groups is 1.